The van der Waals surface area contributed by atoms with Gasteiger partial charge in [-0.2, -0.15) is 9.61 Å². The van der Waals surface area contributed by atoms with Gasteiger partial charge in [0.1, 0.15) is 29.9 Å². The lowest BCUT2D eigenvalue weighted by Crippen LogP contribution is -2.27. The summed E-state index contributed by atoms with van der Waals surface area (Å²) in [6, 6.07) is 10.6. The molecule has 0 saturated carbocycles. The number of hydrogen-bond donors (Lipinski definition) is 1. The summed E-state index contributed by atoms with van der Waals surface area (Å²) in [5, 5.41) is 14.6. The van der Waals surface area contributed by atoms with Crippen molar-refractivity contribution in [1.29, 1.82) is 0 Å². The van der Waals surface area contributed by atoms with Gasteiger partial charge in [-0.3, -0.25) is 4.79 Å². The smallest absolute Gasteiger partial charge is 0.274 e. The quantitative estimate of drug-likeness (QED) is 0.699. The Morgan fingerprint density at radius 3 is 2.42 bits per heavy atom. The van der Waals surface area contributed by atoms with E-state index in [0.717, 1.165) is 17.1 Å². The molecule has 1 atom stereocenters. The van der Waals surface area contributed by atoms with Crippen LogP contribution in [0.3, 0.4) is 0 Å². The van der Waals surface area contributed by atoms with Gasteiger partial charge in [0.2, 0.25) is 0 Å². The maximum atomic E-state index is 12.0. The zero-order valence-electron chi connectivity index (χ0n) is 15.2. The van der Waals surface area contributed by atoms with Crippen LogP contribution in [-0.2, 0) is 6.54 Å². The minimum absolute atomic E-state index is 0.138. The molecule has 3 aromatic rings. The van der Waals surface area contributed by atoms with Crippen molar-refractivity contribution in [3.63, 3.8) is 0 Å². The van der Waals surface area contributed by atoms with E-state index >= 15 is 0 Å². The van der Waals surface area contributed by atoms with E-state index < -0.39 is 6.10 Å². The second-order valence-electron chi connectivity index (χ2n) is 6.16. The minimum atomic E-state index is -0.734. The molecule has 3 rings (SSSR count). The first-order valence-electron chi connectivity index (χ1n) is 8.58. The first-order valence-corrected chi connectivity index (χ1v) is 8.58. The molecule has 2 aromatic heterocycles. The molecule has 7 nitrogen and oxygen atoms in total. The minimum Gasteiger partial charge on any atom is -0.494 e. The molecular weight excluding hydrogens is 334 g/mol. The van der Waals surface area contributed by atoms with Crippen LogP contribution in [0.4, 0.5) is 0 Å². The Balaban J connectivity index is 1.69. The van der Waals surface area contributed by atoms with Crippen molar-refractivity contribution in [2.45, 2.75) is 33.4 Å². The zero-order chi connectivity index (χ0) is 18.7. The summed E-state index contributed by atoms with van der Waals surface area (Å²) < 4.78 is 14.3. The molecule has 1 aromatic carbocycles. The molecule has 26 heavy (non-hydrogen) atoms. The first-order chi connectivity index (χ1) is 12.5. The van der Waals surface area contributed by atoms with E-state index in [1.165, 1.54) is 10.6 Å². The summed E-state index contributed by atoms with van der Waals surface area (Å²) >= 11 is 0. The van der Waals surface area contributed by atoms with Crippen LogP contribution in [0, 0.1) is 13.8 Å². The standard InChI is InChI=1S/C19H23N3O4/c1-4-25-16-5-7-17(8-6-16)26-12-15(23)11-21-14(3)10-19(24)22-18(21)9-13(2)20-22/h5-10,15,23H,4,11-12H2,1-3H3. The Hall–Kier alpha value is -2.80. The highest BCUT2D eigenvalue weighted by Gasteiger charge is 2.13. The number of aromatic nitrogens is 3. The summed E-state index contributed by atoms with van der Waals surface area (Å²) in [5.41, 5.74) is 2.00. The highest BCUT2D eigenvalue weighted by Crippen LogP contribution is 2.18. The van der Waals surface area contributed by atoms with Crippen molar-refractivity contribution < 1.29 is 14.6 Å². The summed E-state index contributed by atoms with van der Waals surface area (Å²) in [6.45, 7) is 6.65. The Morgan fingerprint density at radius 1 is 1.12 bits per heavy atom. The van der Waals surface area contributed by atoms with Crippen LogP contribution in [0.1, 0.15) is 18.3 Å². The molecule has 0 aliphatic carbocycles. The number of rotatable bonds is 7. The number of ether oxygens (including phenoxy) is 2. The third kappa shape index (κ3) is 3.88. The van der Waals surface area contributed by atoms with Crippen molar-refractivity contribution in [1.82, 2.24) is 14.2 Å². The van der Waals surface area contributed by atoms with Gasteiger partial charge in [0.15, 0.2) is 0 Å². The van der Waals surface area contributed by atoms with Crippen LogP contribution in [-0.4, -0.2) is 38.6 Å². The van der Waals surface area contributed by atoms with E-state index in [9.17, 15) is 9.90 Å². The Morgan fingerprint density at radius 2 is 1.77 bits per heavy atom. The Kier molecular flexibility index (Phi) is 5.27. The second kappa shape index (κ2) is 7.61. The molecule has 0 spiro atoms. The zero-order valence-corrected chi connectivity index (χ0v) is 15.2. The number of hydrogen-bond acceptors (Lipinski definition) is 5. The summed E-state index contributed by atoms with van der Waals surface area (Å²) in [6.07, 6.45) is -0.734. The van der Waals surface area contributed by atoms with Crippen molar-refractivity contribution in [3.05, 3.63) is 58.1 Å². The maximum absolute atomic E-state index is 12.0. The van der Waals surface area contributed by atoms with Crippen LogP contribution in [0.15, 0.2) is 41.2 Å². The monoisotopic (exact) mass is 357 g/mol. The van der Waals surface area contributed by atoms with Gasteiger partial charge in [-0.1, -0.05) is 0 Å². The lowest BCUT2D eigenvalue weighted by molar-refractivity contribution is 0.0926. The fraction of sp³-hybridized carbons (Fsp3) is 0.368. The average Bonchev–Trinajstić information content (AvgIpc) is 3.00. The van der Waals surface area contributed by atoms with E-state index in [1.54, 1.807) is 12.1 Å². The van der Waals surface area contributed by atoms with Crippen LogP contribution in [0.5, 0.6) is 11.5 Å². The summed E-state index contributed by atoms with van der Waals surface area (Å²) in [4.78, 5) is 12.0. The van der Waals surface area contributed by atoms with Gasteiger partial charge in [0.05, 0.1) is 18.8 Å². The largest absolute Gasteiger partial charge is 0.494 e. The van der Waals surface area contributed by atoms with Gasteiger partial charge >= 0.3 is 0 Å². The molecule has 0 aliphatic rings. The molecule has 2 heterocycles. The van der Waals surface area contributed by atoms with Gasteiger partial charge in [-0.15, -0.1) is 0 Å². The number of aliphatic hydroxyl groups is 1. The average molecular weight is 357 g/mol. The van der Waals surface area contributed by atoms with Crippen molar-refractivity contribution >= 4 is 5.65 Å². The predicted molar refractivity (Wildman–Crippen MR) is 98.0 cm³/mol. The Labute approximate surface area is 151 Å². The van der Waals surface area contributed by atoms with E-state index in [0.29, 0.717) is 24.5 Å². The van der Waals surface area contributed by atoms with Gasteiger partial charge < -0.3 is 19.1 Å². The van der Waals surface area contributed by atoms with E-state index in [2.05, 4.69) is 5.10 Å². The normalized spacial score (nSPS) is 12.3. The molecule has 7 heteroatoms. The molecule has 1 N–H and O–H groups in total. The number of nitrogens with zero attached hydrogens (tertiary/aromatic N) is 3. The van der Waals surface area contributed by atoms with E-state index in [1.807, 2.05) is 43.5 Å². The molecule has 1 unspecified atom stereocenters. The van der Waals surface area contributed by atoms with Crippen molar-refractivity contribution in [3.8, 4) is 11.5 Å². The number of fused-ring (bicyclic) bond motifs is 1. The van der Waals surface area contributed by atoms with E-state index in [4.69, 9.17) is 9.47 Å². The maximum Gasteiger partial charge on any atom is 0.274 e. The predicted octanol–water partition coefficient (Wildman–Crippen LogP) is 1.95. The first kappa shape index (κ1) is 18.0. The molecule has 0 amide bonds. The van der Waals surface area contributed by atoms with Crippen LogP contribution in [0.25, 0.3) is 5.65 Å². The number of aliphatic hydroxyl groups excluding tert-OH is 1. The van der Waals surface area contributed by atoms with Crippen molar-refractivity contribution in [2.24, 2.45) is 0 Å². The van der Waals surface area contributed by atoms with Gasteiger partial charge in [0, 0.05) is 17.8 Å². The number of benzene rings is 1. The molecule has 0 bridgehead atoms. The van der Waals surface area contributed by atoms with Crippen molar-refractivity contribution in [2.75, 3.05) is 13.2 Å². The lowest BCUT2D eigenvalue weighted by atomic mass is 10.3. The van der Waals surface area contributed by atoms with Gasteiger partial charge in [-0.25, -0.2) is 0 Å². The molecule has 0 fully saturated rings. The van der Waals surface area contributed by atoms with Crippen LogP contribution in [0.2, 0.25) is 0 Å². The highest BCUT2D eigenvalue weighted by atomic mass is 16.5. The molecule has 0 radical (unpaired) electrons. The fourth-order valence-electron chi connectivity index (χ4n) is 2.83. The third-order valence-corrected chi connectivity index (χ3v) is 4.03. The molecule has 138 valence electrons. The summed E-state index contributed by atoms with van der Waals surface area (Å²) in [5.74, 6) is 1.44. The molecule has 0 saturated heterocycles. The van der Waals surface area contributed by atoms with Crippen LogP contribution < -0.4 is 15.0 Å². The third-order valence-electron chi connectivity index (χ3n) is 4.03. The SMILES string of the molecule is CCOc1ccc(OCC(O)Cn2c(C)cc(=O)n3nc(C)cc23)cc1. The van der Waals surface area contributed by atoms with E-state index in [-0.39, 0.29) is 12.2 Å². The highest BCUT2D eigenvalue weighted by molar-refractivity contribution is 5.41. The lowest BCUT2D eigenvalue weighted by Gasteiger charge is -2.17. The summed E-state index contributed by atoms with van der Waals surface area (Å²) in [7, 11) is 0. The molecular formula is C19H23N3O4. The van der Waals surface area contributed by atoms with Gasteiger partial charge in [0.25, 0.3) is 5.56 Å². The Bertz CT molecular complexity index is 944. The van der Waals surface area contributed by atoms with Gasteiger partial charge in [-0.05, 0) is 45.0 Å². The second-order valence-corrected chi connectivity index (χ2v) is 6.16. The van der Waals surface area contributed by atoms with Crippen LogP contribution >= 0.6 is 0 Å². The fourth-order valence-corrected chi connectivity index (χ4v) is 2.83. The topological polar surface area (TPSA) is 78.0 Å². The number of aryl methyl sites for hydroxylation is 2. The molecule has 0 aliphatic heterocycles.